The van der Waals surface area contributed by atoms with Gasteiger partial charge in [0.05, 0.1) is 31.0 Å². The SMILES string of the molecule is CCC1CN(S(=O)(=O)C2CCCC2C(=O)OC)CCO1. The van der Waals surface area contributed by atoms with Crippen LogP contribution in [-0.4, -0.2) is 56.9 Å². The number of hydrogen-bond donors (Lipinski definition) is 0. The van der Waals surface area contributed by atoms with Crippen LogP contribution in [0.2, 0.25) is 0 Å². The number of carbonyl (C=O) groups excluding carboxylic acids is 1. The fraction of sp³-hybridized carbons (Fsp3) is 0.923. The van der Waals surface area contributed by atoms with Crippen molar-refractivity contribution in [2.45, 2.75) is 44.0 Å². The molecular weight excluding hydrogens is 282 g/mol. The van der Waals surface area contributed by atoms with E-state index in [0.717, 1.165) is 12.8 Å². The number of sulfonamides is 1. The van der Waals surface area contributed by atoms with Crippen LogP contribution in [-0.2, 0) is 24.3 Å². The van der Waals surface area contributed by atoms with Crippen LogP contribution in [0.4, 0.5) is 0 Å². The van der Waals surface area contributed by atoms with E-state index in [0.29, 0.717) is 32.5 Å². The number of esters is 1. The maximum absolute atomic E-state index is 12.7. The summed E-state index contributed by atoms with van der Waals surface area (Å²) >= 11 is 0. The lowest BCUT2D eigenvalue weighted by Crippen LogP contribution is -2.50. The van der Waals surface area contributed by atoms with Gasteiger partial charge in [0, 0.05) is 13.1 Å². The zero-order chi connectivity index (χ0) is 14.8. The molecular formula is C13H23NO5S. The summed E-state index contributed by atoms with van der Waals surface area (Å²) in [7, 11) is -2.14. The standard InChI is InChI=1S/C13H23NO5S/c1-3-10-9-14(7-8-19-10)20(16,17)12-6-4-5-11(12)13(15)18-2/h10-12H,3-9H2,1-2H3. The van der Waals surface area contributed by atoms with Gasteiger partial charge in [-0.3, -0.25) is 4.79 Å². The maximum atomic E-state index is 12.7. The first-order chi connectivity index (χ1) is 9.50. The van der Waals surface area contributed by atoms with Gasteiger partial charge in [-0.1, -0.05) is 13.3 Å². The van der Waals surface area contributed by atoms with Gasteiger partial charge < -0.3 is 9.47 Å². The Labute approximate surface area is 120 Å². The van der Waals surface area contributed by atoms with Crippen molar-refractivity contribution in [1.82, 2.24) is 4.31 Å². The Balaban J connectivity index is 2.14. The summed E-state index contributed by atoms with van der Waals surface area (Å²) in [6, 6.07) is 0. The lowest BCUT2D eigenvalue weighted by Gasteiger charge is -2.34. The summed E-state index contributed by atoms with van der Waals surface area (Å²) in [5.74, 6) is -0.927. The van der Waals surface area contributed by atoms with Crippen LogP contribution in [0.15, 0.2) is 0 Å². The number of morpholine rings is 1. The van der Waals surface area contributed by atoms with E-state index in [1.165, 1.54) is 11.4 Å². The van der Waals surface area contributed by atoms with Crippen LogP contribution in [0.3, 0.4) is 0 Å². The molecule has 116 valence electrons. The Kier molecular flexibility index (Phi) is 5.04. The van der Waals surface area contributed by atoms with E-state index in [9.17, 15) is 13.2 Å². The van der Waals surface area contributed by atoms with Gasteiger partial charge in [-0.15, -0.1) is 0 Å². The second kappa shape index (κ2) is 6.41. The van der Waals surface area contributed by atoms with E-state index in [4.69, 9.17) is 9.47 Å². The van der Waals surface area contributed by atoms with E-state index in [2.05, 4.69) is 0 Å². The fourth-order valence-electron chi connectivity index (χ4n) is 3.07. The van der Waals surface area contributed by atoms with Crippen LogP contribution < -0.4 is 0 Å². The number of hydrogen-bond acceptors (Lipinski definition) is 5. The summed E-state index contributed by atoms with van der Waals surface area (Å²) in [6.45, 7) is 3.17. The molecule has 7 heteroatoms. The monoisotopic (exact) mass is 305 g/mol. The van der Waals surface area contributed by atoms with Crippen molar-refractivity contribution in [2.75, 3.05) is 26.8 Å². The van der Waals surface area contributed by atoms with Crippen LogP contribution in [0.25, 0.3) is 0 Å². The number of carbonyl (C=O) groups is 1. The van der Waals surface area contributed by atoms with Gasteiger partial charge in [0.2, 0.25) is 10.0 Å². The predicted octanol–water partition coefficient (Wildman–Crippen LogP) is 0.769. The number of rotatable bonds is 4. The molecule has 1 saturated heterocycles. The van der Waals surface area contributed by atoms with Crippen LogP contribution in [0, 0.1) is 5.92 Å². The van der Waals surface area contributed by atoms with E-state index < -0.39 is 27.2 Å². The zero-order valence-corrected chi connectivity index (χ0v) is 12.9. The summed E-state index contributed by atoms with van der Waals surface area (Å²) in [5.41, 5.74) is 0. The third kappa shape index (κ3) is 2.99. The van der Waals surface area contributed by atoms with Gasteiger partial charge >= 0.3 is 5.97 Å². The van der Waals surface area contributed by atoms with Crippen molar-refractivity contribution in [3.05, 3.63) is 0 Å². The zero-order valence-electron chi connectivity index (χ0n) is 12.1. The van der Waals surface area contributed by atoms with Crippen molar-refractivity contribution in [3.63, 3.8) is 0 Å². The molecule has 0 aromatic carbocycles. The van der Waals surface area contributed by atoms with Crippen LogP contribution >= 0.6 is 0 Å². The van der Waals surface area contributed by atoms with Gasteiger partial charge in [-0.25, -0.2) is 8.42 Å². The van der Waals surface area contributed by atoms with Crippen LogP contribution in [0.5, 0.6) is 0 Å². The highest BCUT2D eigenvalue weighted by Crippen LogP contribution is 2.34. The average molecular weight is 305 g/mol. The molecule has 2 aliphatic rings. The molecule has 0 aromatic heterocycles. The van der Waals surface area contributed by atoms with Crippen molar-refractivity contribution in [2.24, 2.45) is 5.92 Å². The predicted molar refractivity (Wildman–Crippen MR) is 73.7 cm³/mol. The Morgan fingerprint density at radius 2 is 2.15 bits per heavy atom. The molecule has 1 heterocycles. The Morgan fingerprint density at radius 3 is 2.80 bits per heavy atom. The minimum atomic E-state index is -3.46. The minimum absolute atomic E-state index is 0.0449. The fourth-order valence-corrected chi connectivity index (χ4v) is 5.28. The molecule has 2 fully saturated rings. The van der Waals surface area contributed by atoms with Crippen molar-refractivity contribution < 1.29 is 22.7 Å². The van der Waals surface area contributed by atoms with Crippen molar-refractivity contribution >= 4 is 16.0 Å². The molecule has 1 aliphatic heterocycles. The number of nitrogens with zero attached hydrogens (tertiary/aromatic N) is 1. The quantitative estimate of drug-likeness (QED) is 0.717. The van der Waals surface area contributed by atoms with Gasteiger partial charge in [-0.2, -0.15) is 4.31 Å². The van der Waals surface area contributed by atoms with Gasteiger partial charge in [0.25, 0.3) is 0 Å². The minimum Gasteiger partial charge on any atom is -0.469 e. The highest BCUT2D eigenvalue weighted by Gasteiger charge is 2.45. The van der Waals surface area contributed by atoms with E-state index in [1.807, 2.05) is 6.92 Å². The molecule has 0 aromatic rings. The molecule has 0 N–H and O–H groups in total. The Bertz CT molecular complexity index is 450. The first-order valence-corrected chi connectivity index (χ1v) is 8.69. The molecule has 0 bridgehead atoms. The van der Waals surface area contributed by atoms with Crippen molar-refractivity contribution in [3.8, 4) is 0 Å². The molecule has 20 heavy (non-hydrogen) atoms. The highest BCUT2D eigenvalue weighted by molar-refractivity contribution is 7.89. The first-order valence-electron chi connectivity index (χ1n) is 7.19. The van der Waals surface area contributed by atoms with E-state index in [1.54, 1.807) is 0 Å². The topological polar surface area (TPSA) is 72.9 Å². The molecule has 0 spiro atoms. The normalized spacial score (nSPS) is 32.2. The molecule has 3 unspecified atom stereocenters. The van der Waals surface area contributed by atoms with Gasteiger partial charge in [0.1, 0.15) is 0 Å². The lowest BCUT2D eigenvalue weighted by atomic mass is 10.1. The lowest BCUT2D eigenvalue weighted by molar-refractivity contribution is -0.145. The Morgan fingerprint density at radius 1 is 1.40 bits per heavy atom. The summed E-state index contributed by atoms with van der Waals surface area (Å²) in [6.07, 6.45) is 2.63. The summed E-state index contributed by atoms with van der Waals surface area (Å²) in [5, 5.41) is -0.634. The molecule has 3 atom stereocenters. The Hall–Kier alpha value is -0.660. The third-order valence-electron chi connectivity index (χ3n) is 4.26. The number of ether oxygens (including phenoxy) is 2. The largest absolute Gasteiger partial charge is 0.469 e. The smallest absolute Gasteiger partial charge is 0.310 e. The van der Waals surface area contributed by atoms with Crippen LogP contribution in [0.1, 0.15) is 32.6 Å². The third-order valence-corrected chi connectivity index (χ3v) is 6.64. The van der Waals surface area contributed by atoms with E-state index >= 15 is 0 Å². The molecule has 6 nitrogen and oxygen atoms in total. The molecule has 1 aliphatic carbocycles. The average Bonchev–Trinajstić information content (AvgIpc) is 2.96. The maximum Gasteiger partial charge on any atom is 0.310 e. The highest BCUT2D eigenvalue weighted by atomic mass is 32.2. The number of methoxy groups -OCH3 is 1. The molecule has 0 radical (unpaired) electrons. The molecule has 2 rings (SSSR count). The van der Waals surface area contributed by atoms with Crippen molar-refractivity contribution in [1.29, 1.82) is 0 Å². The summed E-state index contributed by atoms with van der Waals surface area (Å²) < 4.78 is 37.2. The van der Waals surface area contributed by atoms with Gasteiger partial charge in [-0.05, 0) is 19.3 Å². The second-order valence-electron chi connectivity index (χ2n) is 5.40. The van der Waals surface area contributed by atoms with E-state index in [-0.39, 0.29) is 6.10 Å². The second-order valence-corrected chi connectivity index (χ2v) is 7.55. The molecule has 1 saturated carbocycles. The first kappa shape index (κ1) is 15.7. The summed E-state index contributed by atoms with van der Waals surface area (Å²) in [4.78, 5) is 11.7. The molecule has 0 amide bonds. The van der Waals surface area contributed by atoms with Gasteiger partial charge in [0.15, 0.2) is 0 Å².